The minimum atomic E-state index is -0.973. The summed E-state index contributed by atoms with van der Waals surface area (Å²) in [5.41, 5.74) is 3.42. The van der Waals surface area contributed by atoms with E-state index < -0.39 is 5.97 Å². The first kappa shape index (κ1) is 12.9. The molecule has 2 N–H and O–H groups in total. The number of imidazole rings is 1. The molecule has 0 spiro atoms. The zero-order chi connectivity index (χ0) is 14.3. The number of hydrogen-bond acceptors (Lipinski definition) is 2. The van der Waals surface area contributed by atoms with Gasteiger partial charge >= 0.3 is 5.97 Å². The highest BCUT2D eigenvalue weighted by molar-refractivity contribution is 9.10. The van der Waals surface area contributed by atoms with Crippen LogP contribution in [0.25, 0.3) is 22.4 Å². The van der Waals surface area contributed by atoms with Gasteiger partial charge in [0, 0.05) is 10.0 Å². The number of rotatable bonds is 2. The molecule has 0 fully saturated rings. The molecule has 0 atom stereocenters. The van der Waals surface area contributed by atoms with Crippen LogP contribution in [0, 0.1) is 6.92 Å². The molecule has 0 unspecified atom stereocenters. The molecule has 0 aliphatic carbocycles. The molecule has 5 heteroatoms. The Kier molecular flexibility index (Phi) is 3.06. The van der Waals surface area contributed by atoms with Gasteiger partial charge in [0.15, 0.2) is 0 Å². The average Bonchev–Trinajstić information content (AvgIpc) is 2.84. The molecule has 20 heavy (non-hydrogen) atoms. The lowest BCUT2D eigenvalue weighted by atomic mass is 10.1. The number of aromatic amines is 1. The van der Waals surface area contributed by atoms with E-state index in [1.807, 2.05) is 31.2 Å². The molecule has 4 nitrogen and oxygen atoms in total. The van der Waals surface area contributed by atoms with E-state index >= 15 is 0 Å². The van der Waals surface area contributed by atoms with E-state index in [-0.39, 0.29) is 5.56 Å². The molecule has 0 aliphatic rings. The lowest BCUT2D eigenvalue weighted by Crippen LogP contribution is -1.96. The zero-order valence-corrected chi connectivity index (χ0v) is 12.2. The number of nitrogens with one attached hydrogen (secondary N) is 1. The third kappa shape index (κ3) is 2.00. The maximum Gasteiger partial charge on any atom is 0.337 e. The van der Waals surface area contributed by atoms with E-state index in [2.05, 4.69) is 25.9 Å². The number of aromatic nitrogens is 2. The molecule has 3 aromatic rings. The summed E-state index contributed by atoms with van der Waals surface area (Å²) in [6, 6.07) is 10.9. The SMILES string of the molecule is Cc1c(Br)cccc1-c1nc2c(C(=O)O)cccc2[nH]1. The van der Waals surface area contributed by atoms with E-state index in [4.69, 9.17) is 0 Å². The van der Waals surface area contributed by atoms with E-state index in [0.29, 0.717) is 11.3 Å². The average molecular weight is 331 g/mol. The summed E-state index contributed by atoms with van der Waals surface area (Å²) in [5, 5.41) is 9.20. The van der Waals surface area contributed by atoms with Gasteiger partial charge < -0.3 is 10.1 Å². The highest BCUT2D eigenvalue weighted by atomic mass is 79.9. The van der Waals surface area contributed by atoms with E-state index in [0.717, 1.165) is 21.1 Å². The van der Waals surface area contributed by atoms with Crippen LogP contribution in [0.4, 0.5) is 0 Å². The quantitative estimate of drug-likeness (QED) is 0.746. The summed E-state index contributed by atoms with van der Waals surface area (Å²) in [6.45, 7) is 1.99. The Balaban J connectivity index is 2.26. The Bertz CT molecular complexity index is 824. The topological polar surface area (TPSA) is 66.0 Å². The normalized spacial score (nSPS) is 10.9. The number of aromatic carboxylic acids is 1. The summed E-state index contributed by atoms with van der Waals surface area (Å²) in [7, 11) is 0. The van der Waals surface area contributed by atoms with Gasteiger partial charge in [-0.05, 0) is 30.7 Å². The van der Waals surface area contributed by atoms with Crippen LogP contribution in [-0.2, 0) is 0 Å². The number of carbonyl (C=O) groups is 1. The highest BCUT2D eigenvalue weighted by Crippen LogP contribution is 2.29. The van der Waals surface area contributed by atoms with Crippen molar-refractivity contribution in [2.45, 2.75) is 6.92 Å². The fraction of sp³-hybridized carbons (Fsp3) is 0.0667. The summed E-state index contributed by atoms with van der Waals surface area (Å²) in [4.78, 5) is 18.8. The second-order valence-electron chi connectivity index (χ2n) is 4.50. The minimum absolute atomic E-state index is 0.206. The van der Waals surface area contributed by atoms with Gasteiger partial charge in [0.05, 0.1) is 11.1 Å². The molecular formula is C15H11BrN2O2. The lowest BCUT2D eigenvalue weighted by Gasteiger charge is -2.03. The van der Waals surface area contributed by atoms with Crippen LogP contribution in [0.15, 0.2) is 40.9 Å². The van der Waals surface area contributed by atoms with Crippen molar-refractivity contribution in [3.63, 3.8) is 0 Å². The predicted molar refractivity (Wildman–Crippen MR) is 80.9 cm³/mol. The monoisotopic (exact) mass is 330 g/mol. The number of para-hydroxylation sites is 1. The summed E-state index contributed by atoms with van der Waals surface area (Å²) < 4.78 is 0.994. The number of hydrogen-bond donors (Lipinski definition) is 2. The maximum atomic E-state index is 11.2. The molecule has 3 rings (SSSR count). The third-order valence-electron chi connectivity index (χ3n) is 3.27. The molecule has 0 bridgehead atoms. The zero-order valence-electron chi connectivity index (χ0n) is 10.6. The second-order valence-corrected chi connectivity index (χ2v) is 5.36. The number of nitrogens with zero attached hydrogens (tertiary/aromatic N) is 1. The van der Waals surface area contributed by atoms with Gasteiger partial charge in [0.25, 0.3) is 0 Å². The lowest BCUT2D eigenvalue weighted by molar-refractivity contribution is 0.0699. The molecule has 0 amide bonds. The highest BCUT2D eigenvalue weighted by Gasteiger charge is 2.14. The first-order valence-electron chi connectivity index (χ1n) is 6.05. The van der Waals surface area contributed by atoms with Crippen LogP contribution in [0.5, 0.6) is 0 Å². The number of benzene rings is 2. The van der Waals surface area contributed by atoms with Crippen molar-refractivity contribution in [3.05, 3.63) is 52.0 Å². The standard InChI is InChI=1S/C15H11BrN2O2/c1-8-9(4-2-6-11(8)16)14-17-12-7-3-5-10(15(19)20)13(12)18-14/h2-7H,1H3,(H,17,18)(H,19,20). The van der Waals surface area contributed by atoms with E-state index in [1.54, 1.807) is 12.1 Å². The molecule has 1 aromatic heterocycles. The predicted octanol–water partition coefficient (Wildman–Crippen LogP) is 4.00. The Morgan fingerprint density at radius 1 is 1.25 bits per heavy atom. The molecule has 0 saturated carbocycles. The number of H-pyrrole nitrogens is 1. The molecule has 0 aliphatic heterocycles. The first-order chi connectivity index (χ1) is 9.58. The van der Waals surface area contributed by atoms with Crippen molar-refractivity contribution >= 4 is 32.9 Å². The van der Waals surface area contributed by atoms with Gasteiger partial charge in [-0.3, -0.25) is 0 Å². The second kappa shape index (κ2) is 4.76. The maximum absolute atomic E-state index is 11.2. The molecule has 100 valence electrons. The summed E-state index contributed by atoms with van der Waals surface area (Å²) >= 11 is 3.49. The van der Waals surface area contributed by atoms with Crippen LogP contribution >= 0.6 is 15.9 Å². The first-order valence-corrected chi connectivity index (χ1v) is 6.84. The van der Waals surface area contributed by atoms with Crippen molar-refractivity contribution in [2.24, 2.45) is 0 Å². The van der Waals surface area contributed by atoms with Crippen molar-refractivity contribution in [1.29, 1.82) is 0 Å². The van der Waals surface area contributed by atoms with Crippen molar-refractivity contribution < 1.29 is 9.90 Å². The Morgan fingerprint density at radius 2 is 2.00 bits per heavy atom. The largest absolute Gasteiger partial charge is 0.478 e. The number of fused-ring (bicyclic) bond motifs is 1. The molecule has 2 aromatic carbocycles. The van der Waals surface area contributed by atoms with Crippen LogP contribution in [0.3, 0.4) is 0 Å². The van der Waals surface area contributed by atoms with Gasteiger partial charge in [-0.25, -0.2) is 9.78 Å². The molecule has 0 saturated heterocycles. The Labute approximate surface area is 123 Å². The van der Waals surface area contributed by atoms with Gasteiger partial charge in [-0.15, -0.1) is 0 Å². The van der Waals surface area contributed by atoms with Crippen molar-refractivity contribution in [3.8, 4) is 11.4 Å². The fourth-order valence-corrected chi connectivity index (χ4v) is 2.56. The third-order valence-corrected chi connectivity index (χ3v) is 4.13. The van der Waals surface area contributed by atoms with Crippen molar-refractivity contribution in [2.75, 3.05) is 0 Å². The van der Waals surface area contributed by atoms with Gasteiger partial charge in [0.2, 0.25) is 0 Å². The number of halogens is 1. The van der Waals surface area contributed by atoms with Crippen LogP contribution < -0.4 is 0 Å². The van der Waals surface area contributed by atoms with Crippen molar-refractivity contribution in [1.82, 2.24) is 9.97 Å². The van der Waals surface area contributed by atoms with E-state index in [9.17, 15) is 9.90 Å². The number of carboxylic acids is 1. The molecular weight excluding hydrogens is 320 g/mol. The fourth-order valence-electron chi connectivity index (χ4n) is 2.20. The minimum Gasteiger partial charge on any atom is -0.478 e. The smallest absolute Gasteiger partial charge is 0.337 e. The molecule has 1 heterocycles. The molecule has 0 radical (unpaired) electrons. The summed E-state index contributed by atoms with van der Waals surface area (Å²) in [6.07, 6.45) is 0. The van der Waals surface area contributed by atoms with Gasteiger partial charge in [-0.2, -0.15) is 0 Å². The van der Waals surface area contributed by atoms with Crippen LogP contribution in [0.1, 0.15) is 15.9 Å². The van der Waals surface area contributed by atoms with Gasteiger partial charge in [0.1, 0.15) is 11.3 Å². The van der Waals surface area contributed by atoms with Gasteiger partial charge in [-0.1, -0.05) is 34.1 Å². The van der Waals surface area contributed by atoms with Crippen LogP contribution in [0.2, 0.25) is 0 Å². The Morgan fingerprint density at radius 3 is 2.75 bits per heavy atom. The number of carboxylic acid groups (broad SMARTS) is 1. The van der Waals surface area contributed by atoms with Crippen LogP contribution in [-0.4, -0.2) is 21.0 Å². The van der Waals surface area contributed by atoms with E-state index in [1.165, 1.54) is 0 Å². The Hall–Kier alpha value is -2.14. The summed E-state index contributed by atoms with van der Waals surface area (Å²) in [5.74, 6) is -0.299.